The fourth-order valence-corrected chi connectivity index (χ4v) is 1.54. The summed E-state index contributed by atoms with van der Waals surface area (Å²) in [6.45, 7) is 0.205. The number of carbonyl (C=O) groups excluding carboxylic acids is 1. The third-order valence-corrected chi connectivity index (χ3v) is 2.31. The third kappa shape index (κ3) is 2.48. The number of rotatable bonds is 4. The minimum absolute atomic E-state index is 0.205. The van der Waals surface area contributed by atoms with E-state index in [2.05, 4.69) is 15.1 Å². The van der Waals surface area contributed by atoms with Gasteiger partial charge in [0.1, 0.15) is 12.7 Å². The molecule has 2 rings (SSSR count). The zero-order valence-corrected chi connectivity index (χ0v) is 9.76. The maximum atomic E-state index is 11.2. The Bertz CT molecular complexity index is 527. The van der Waals surface area contributed by atoms with Gasteiger partial charge >= 0.3 is 0 Å². The summed E-state index contributed by atoms with van der Waals surface area (Å²) < 4.78 is 6.46. The minimum atomic E-state index is -0.560. The lowest BCUT2D eigenvalue weighted by Gasteiger charge is -2.06. The van der Waals surface area contributed by atoms with E-state index < -0.39 is 5.24 Å². The molecule has 6 nitrogen and oxygen atoms in total. The number of methoxy groups -OCH3 is 1. The molecule has 0 aromatic carbocycles. The predicted molar refractivity (Wildman–Crippen MR) is 60.1 cm³/mol. The van der Waals surface area contributed by atoms with E-state index in [1.165, 1.54) is 24.4 Å². The van der Waals surface area contributed by atoms with Gasteiger partial charge in [-0.25, -0.2) is 14.6 Å². The molecule has 2 heterocycles. The topological polar surface area (TPSA) is 69.9 Å². The molecule has 2 aromatic rings. The zero-order chi connectivity index (χ0) is 12.3. The van der Waals surface area contributed by atoms with Crippen molar-refractivity contribution in [3.63, 3.8) is 0 Å². The smallest absolute Gasteiger partial charge is 0.254 e. The Labute approximate surface area is 102 Å². The molecule has 0 atom stereocenters. The lowest BCUT2D eigenvalue weighted by atomic mass is 10.2. The van der Waals surface area contributed by atoms with Crippen LogP contribution in [0.3, 0.4) is 0 Å². The molecule has 0 saturated heterocycles. The van der Waals surface area contributed by atoms with E-state index >= 15 is 0 Å². The van der Waals surface area contributed by atoms with Gasteiger partial charge in [0, 0.05) is 7.11 Å². The van der Waals surface area contributed by atoms with Crippen LogP contribution in [0.1, 0.15) is 16.1 Å². The van der Waals surface area contributed by atoms with Crippen molar-refractivity contribution in [1.29, 1.82) is 0 Å². The van der Waals surface area contributed by atoms with E-state index in [0.29, 0.717) is 17.1 Å². The molecule has 0 N–H and O–H groups in total. The average molecular weight is 253 g/mol. The molecule has 0 radical (unpaired) electrons. The monoisotopic (exact) mass is 252 g/mol. The van der Waals surface area contributed by atoms with Crippen molar-refractivity contribution in [2.45, 2.75) is 6.61 Å². The molecule has 88 valence electrons. The van der Waals surface area contributed by atoms with Crippen LogP contribution in [0.5, 0.6) is 0 Å². The molecule has 2 aromatic heterocycles. The van der Waals surface area contributed by atoms with Crippen LogP contribution in [0.2, 0.25) is 0 Å². The summed E-state index contributed by atoms with van der Waals surface area (Å²) in [5, 5.41) is 3.39. The highest BCUT2D eigenvalue weighted by Gasteiger charge is 2.12. The Morgan fingerprint density at radius 3 is 2.94 bits per heavy atom. The summed E-state index contributed by atoms with van der Waals surface area (Å²) in [6, 6.07) is 3.23. The van der Waals surface area contributed by atoms with Gasteiger partial charge in [0.2, 0.25) is 0 Å². The van der Waals surface area contributed by atoms with E-state index in [-0.39, 0.29) is 6.61 Å². The van der Waals surface area contributed by atoms with Gasteiger partial charge in [0.15, 0.2) is 5.82 Å². The maximum absolute atomic E-state index is 11.2. The van der Waals surface area contributed by atoms with Gasteiger partial charge in [-0.2, -0.15) is 5.10 Å². The third-order valence-electron chi connectivity index (χ3n) is 2.11. The van der Waals surface area contributed by atoms with Crippen LogP contribution in [0.4, 0.5) is 0 Å². The summed E-state index contributed by atoms with van der Waals surface area (Å²) in [5.41, 5.74) is 0.804. The number of hydrogen-bond donors (Lipinski definition) is 0. The van der Waals surface area contributed by atoms with Crippen LogP contribution >= 0.6 is 11.6 Å². The molecular weight excluding hydrogens is 244 g/mol. The second kappa shape index (κ2) is 5.03. The van der Waals surface area contributed by atoms with Gasteiger partial charge in [-0.15, -0.1) is 0 Å². The number of halogens is 1. The quantitative estimate of drug-likeness (QED) is 0.765. The first-order valence-corrected chi connectivity index (χ1v) is 5.14. The Hall–Kier alpha value is -1.79. The SMILES string of the molecule is COCc1nc(-n2cncn2)ccc1C(=O)Cl. The van der Waals surface area contributed by atoms with Crippen LogP contribution < -0.4 is 0 Å². The number of nitrogens with zero attached hydrogens (tertiary/aromatic N) is 4. The van der Waals surface area contributed by atoms with E-state index in [9.17, 15) is 4.79 Å². The fraction of sp³-hybridized carbons (Fsp3) is 0.200. The van der Waals surface area contributed by atoms with Crippen LogP contribution in [0.15, 0.2) is 24.8 Å². The molecule has 0 fully saturated rings. The summed E-state index contributed by atoms with van der Waals surface area (Å²) in [7, 11) is 1.52. The Morgan fingerprint density at radius 2 is 2.35 bits per heavy atom. The molecule has 17 heavy (non-hydrogen) atoms. The van der Waals surface area contributed by atoms with Crippen LogP contribution in [0.25, 0.3) is 5.82 Å². The number of ether oxygens (including phenoxy) is 1. The van der Waals surface area contributed by atoms with Gasteiger partial charge in [0.05, 0.1) is 17.9 Å². The lowest BCUT2D eigenvalue weighted by molar-refractivity contribution is 0.107. The van der Waals surface area contributed by atoms with Gasteiger partial charge < -0.3 is 4.74 Å². The second-order valence-electron chi connectivity index (χ2n) is 3.21. The van der Waals surface area contributed by atoms with E-state index in [4.69, 9.17) is 16.3 Å². The lowest BCUT2D eigenvalue weighted by Crippen LogP contribution is -2.07. The maximum Gasteiger partial charge on any atom is 0.254 e. The van der Waals surface area contributed by atoms with Crippen LogP contribution in [-0.4, -0.2) is 32.1 Å². The second-order valence-corrected chi connectivity index (χ2v) is 3.55. The first-order valence-electron chi connectivity index (χ1n) is 4.76. The molecule has 7 heteroatoms. The van der Waals surface area contributed by atoms with Crippen molar-refractivity contribution in [2.75, 3.05) is 7.11 Å². The standard InChI is InChI=1S/C10H9ClN4O2/c1-17-4-8-7(10(11)16)2-3-9(14-8)15-6-12-5-13-15/h2-3,5-6H,4H2,1H3. The van der Waals surface area contributed by atoms with E-state index in [0.717, 1.165) is 0 Å². The first kappa shape index (κ1) is 11.7. The fourth-order valence-electron chi connectivity index (χ4n) is 1.37. The number of hydrogen-bond acceptors (Lipinski definition) is 5. The summed E-state index contributed by atoms with van der Waals surface area (Å²) in [6.07, 6.45) is 2.92. The van der Waals surface area contributed by atoms with Crippen molar-refractivity contribution in [1.82, 2.24) is 19.7 Å². The first-order chi connectivity index (χ1) is 8.22. The van der Waals surface area contributed by atoms with Crippen molar-refractivity contribution in [3.05, 3.63) is 36.0 Å². The highest BCUT2D eigenvalue weighted by molar-refractivity contribution is 6.67. The number of carbonyl (C=O) groups is 1. The van der Waals surface area contributed by atoms with Crippen molar-refractivity contribution in [3.8, 4) is 5.82 Å². The average Bonchev–Trinajstić information content (AvgIpc) is 2.82. The van der Waals surface area contributed by atoms with E-state index in [1.54, 1.807) is 12.1 Å². The normalized spacial score (nSPS) is 10.5. The molecule has 0 amide bonds. The molecule has 0 aliphatic rings. The largest absolute Gasteiger partial charge is 0.378 e. The molecule has 0 aliphatic heterocycles. The van der Waals surface area contributed by atoms with Gasteiger partial charge in [0.25, 0.3) is 5.24 Å². The number of pyridine rings is 1. The van der Waals surface area contributed by atoms with Crippen molar-refractivity contribution >= 4 is 16.8 Å². The molecule has 0 bridgehead atoms. The molecular formula is C10H9ClN4O2. The minimum Gasteiger partial charge on any atom is -0.378 e. The predicted octanol–water partition coefficient (Wildman–Crippen LogP) is 1.19. The number of aromatic nitrogens is 4. The Morgan fingerprint density at radius 1 is 1.53 bits per heavy atom. The zero-order valence-electron chi connectivity index (χ0n) is 9.00. The summed E-state index contributed by atoms with van der Waals surface area (Å²) >= 11 is 5.45. The highest BCUT2D eigenvalue weighted by Crippen LogP contribution is 2.13. The van der Waals surface area contributed by atoms with Crippen molar-refractivity contribution in [2.24, 2.45) is 0 Å². The molecule has 0 aliphatic carbocycles. The molecule has 0 spiro atoms. The van der Waals surface area contributed by atoms with E-state index in [1.807, 2.05) is 0 Å². The molecule has 0 saturated carbocycles. The van der Waals surface area contributed by atoms with Crippen LogP contribution in [0, 0.1) is 0 Å². The van der Waals surface area contributed by atoms with Gasteiger partial charge in [-0.1, -0.05) is 0 Å². The molecule has 0 unspecified atom stereocenters. The highest BCUT2D eigenvalue weighted by atomic mass is 35.5. The Kier molecular flexibility index (Phi) is 3.46. The Balaban J connectivity index is 2.45. The van der Waals surface area contributed by atoms with Gasteiger partial charge in [-0.3, -0.25) is 4.79 Å². The summed E-state index contributed by atoms with van der Waals surface area (Å²) in [5.74, 6) is 0.552. The summed E-state index contributed by atoms with van der Waals surface area (Å²) in [4.78, 5) is 19.2. The van der Waals surface area contributed by atoms with Gasteiger partial charge in [-0.05, 0) is 23.7 Å². The van der Waals surface area contributed by atoms with Crippen LogP contribution in [-0.2, 0) is 11.3 Å². The van der Waals surface area contributed by atoms with Crippen molar-refractivity contribution < 1.29 is 9.53 Å².